The molecule has 8 nitrogen and oxygen atoms in total. The normalized spacial score (nSPS) is 11.8. The van der Waals surface area contributed by atoms with E-state index in [1.165, 1.54) is 6.92 Å². The molecule has 2 heterocycles. The van der Waals surface area contributed by atoms with Gasteiger partial charge in [-0.15, -0.1) is 0 Å². The number of carbonyl (C=O) groups is 3. The Labute approximate surface area is 138 Å². The highest BCUT2D eigenvalue weighted by Gasteiger charge is 2.23. The zero-order valence-electron chi connectivity index (χ0n) is 13.7. The number of amides is 3. The van der Waals surface area contributed by atoms with Crippen LogP contribution in [0.15, 0.2) is 28.9 Å². The standard InChI is InChI=1S/C16H19N3O5/c1-9-7-13(10(2)19(9)8-12-5-4-6-23-12)15(21)24-11(3)14(20)18-16(17)22/h4-7,11H,8H2,1-3H3,(H3,17,18,20,22)/t11-/m0/s1. The molecular weight excluding hydrogens is 314 g/mol. The van der Waals surface area contributed by atoms with Gasteiger partial charge in [0.1, 0.15) is 5.76 Å². The first-order valence-corrected chi connectivity index (χ1v) is 7.30. The van der Waals surface area contributed by atoms with Gasteiger partial charge in [-0.2, -0.15) is 0 Å². The van der Waals surface area contributed by atoms with Gasteiger partial charge in [-0.25, -0.2) is 9.59 Å². The SMILES string of the molecule is Cc1cc(C(=O)O[C@@H](C)C(=O)NC(N)=O)c(C)n1Cc1ccco1. The average Bonchev–Trinajstić information content (AvgIpc) is 3.10. The Hall–Kier alpha value is -3.03. The number of ether oxygens (including phenoxy) is 1. The molecule has 1 atom stereocenters. The number of primary amides is 1. The predicted molar refractivity (Wildman–Crippen MR) is 84.3 cm³/mol. The quantitative estimate of drug-likeness (QED) is 0.804. The lowest BCUT2D eigenvalue weighted by Gasteiger charge is -2.12. The van der Waals surface area contributed by atoms with Crippen molar-refractivity contribution in [2.24, 2.45) is 5.73 Å². The minimum absolute atomic E-state index is 0.345. The molecule has 128 valence electrons. The number of nitrogens with two attached hydrogens (primary N) is 1. The third-order valence-corrected chi connectivity index (χ3v) is 3.59. The molecule has 2 aromatic heterocycles. The molecule has 2 aromatic rings. The lowest BCUT2D eigenvalue weighted by atomic mass is 10.2. The molecule has 0 unspecified atom stereocenters. The number of esters is 1. The second-order valence-electron chi connectivity index (χ2n) is 5.35. The second kappa shape index (κ2) is 7.03. The van der Waals surface area contributed by atoms with Crippen molar-refractivity contribution in [3.8, 4) is 0 Å². The van der Waals surface area contributed by atoms with Crippen LogP contribution in [0.2, 0.25) is 0 Å². The Kier molecular flexibility index (Phi) is 5.08. The number of nitrogens with zero attached hydrogens (tertiary/aromatic N) is 1. The largest absolute Gasteiger partial charge is 0.467 e. The van der Waals surface area contributed by atoms with Crippen molar-refractivity contribution in [3.63, 3.8) is 0 Å². The number of aromatic nitrogens is 1. The number of aryl methyl sites for hydroxylation is 1. The maximum Gasteiger partial charge on any atom is 0.340 e. The van der Waals surface area contributed by atoms with Crippen molar-refractivity contribution in [1.82, 2.24) is 9.88 Å². The Morgan fingerprint density at radius 3 is 2.67 bits per heavy atom. The Morgan fingerprint density at radius 1 is 1.38 bits per heavy atom. The minimum atomic E-state index is -1.14. The molecule has 0 aliphatic rings. The summed E-state index contributed by atoms with van der Waals surface area (Å²) >= 11 is 0. The monoisotopic (exact) mass is 333 g/mol. The van der Waals surface area contributed by atoms with Gasteiger partial charge in [-0.1, -0.05) is 0 Å². The van der Waals surface area contributed by atoms with Crippen LogP contribution >= 0.6 is 0 Å². The minimum Gasteiger partial charge on any atom is -0.467 e. The van der Waals surface area contributed by atoms with Gasteiger partial charge in [0.25, 0.3) is 5.91 Å². The zero-order valence-corrected chi connectivity index (χ0v) is 13.7. The van der Waals surface area contributed by atoms with Crippen molar-refractivity contribution in [1.29, 1.82) is 0 Å². The van der Waals surface area contributed by atoms with E-state index in [1.807, 2.05) is 22.9 Å². The molecule has 0 aromatic carbocycles. The van der Waals surface area contributed by atoms with E-state index in [2.05, 4.69) is 0 Å². The van der Waals surface area contributed by atoms with Crippen LogP contribution < -0.4 is 11.1 Å². The van der Waals surface area contributed by atoms with E-state index in [0.29, 0.717) is 17.8 Å². The van der Waals surface area contributed by atoms with Gasteiger partial charge in [0.2, 0.25) is 0 Å². The summed E-state index contributed by atoms with van der Waals surface area (Å²) in [6.07, 6.45) is 0.440. The van der Waals surface area contributed by atoms with Crippen LogP contribution in [0.3, 0.4) is 0 Å². The van der Waals surface area contributed by atoms with Gasteiger partial charge < -0.3 is 19.5 Å². The number of rotatable bonds is 5. The van der Waals surface area contributed by atoms with E-state index in [0.717, 1.165) is 11.5 Å². The van der Waals surface area contributed by atoms with E-state index in [1.54, 1.807) is 25.3 Å². The molecule has 0 spiro atoms. The van der Waals surface area contributed by atoms with Crippen molar-refractivity contribution < 1.29 is 23.5 Å². The summed E-state index contributed by atoms with van der Waals surface area (Å²) in [6, 6.07) is 4.31. The number of hydrogen-bond acceptors (Lipinski definition) is 5. The third-order valence-electron chi connectivity index (χ3n) is 3.59. The summed E-state index contributed by atoms with van der Waals surface area (Å²) in [6.45, 7) is 5.48. The Balaban J connectivity index is 2.13. The van der Waals surface area contributed by atoms with Crippen molar-refractivity contribution in [3.05, 3.63) is 47.2 Å². The number of carbonyl (C=O) groups excluding carboxylic acids is 3. The smallest absolute Gasteiger partial charge is 0.340 e. The Bertz CT molecular complexity index is 761. The van der Waals surface area contributed by atoms with Crippen molar-refractivity contribution >= 4 is 17.9 Å². The van der Waals surface area contributed by atoms with E-state index >= 15 is 0 Å². The highest BCUT2D eigenvalue weighted by atomic mass is 16.5. The number of furan rings is 1. The van der Waals surface area contributed by atoms with Gasteiger partial charge in [-0.05, 0) is 39.0 Å². The highest BCUT2D eigenvalue weighted by Crippen LogP contribution is 2.19. The van der Waals surface area contributed by atoms with Crippen LogP contribution in [-0.2, 0) is 16.1 Å². The molecule has 2 rings (SSSR count). The van der Waals surface area contributed by atoms with Gasteiger partial charge in [0, 0.05) is 11.4 Å². The van der Waals surface area contributed by atoms with Crippen LogP contribution in [0.5, 0.6) is 0 Å². The zero-order chi connectivity index (χ0) is 17.9. The fourth-order valence-electron chi connectivity index (χ4n) is 2.31. The van der Waals surface area contributed by atoms with Crippen molar-refractivity contribution in [2.45, 2.75) is 33.4 Å². The van der Waals surface area contributed by atoms with Crippen LogP contribution in [-0.4, -0.2) is 28.6 Å². The van der Waals surface area contributed by atoms with Crippen LogP contribution in [0.1, 0.15) is 34.4 Å². The average molecular weight is 333 g/mol. The number of urea groups is 1. The van der Waals surface area contributed by atoms with E-state index in [4.69, 9.17) is 14.9 Å². The van der Waals surface area contributed by atoms with E-state index in [-0.39, 0.29) is 0 Å². The first-order valence-electron chi connectivity index (χ1n) is 7.30. The van der Waals surface area contributed by atoms with E-state index in [9.17, 15) is 14.4 Å². The summed E-state index contributed by atoms with van der Waals surface area (Å²) in [4.78, 5) is 34.5. The Morgan fingerprint density at radius 2 is 2.08 bits per heavy atom. The molecule has 0 fully saturated rings. The predicted octanol–water partition coefficient (Wildman–Crippen LogP) is 1.49. The summed E-state index contributed by atoms with van der Waals surface area (Å²) in [5.74, 6) is -0.674. The molecule has 3 N–H and O–H groups in total. The summed E-state index contributed by atoms with van der Waals surface area (Å²) in [7, 11) is 0. The molecule has 24 heavy (non-hydrogen) atoms. The molecule has 0 saturated carbocycles. The molecule has 0 saturated heterocycles. The van der Waals surface area contributed by atoms with Crippen LogP contribution in [0.4, 0.5) is 4.79 Å². The lowest BCUT2D eigenvalue weighted by Crippen LogP contribution is -2.42. The second-order valence-corrected chi connectivity index (χ2v) is 5.35. The van der Waals surface area contributed by atoms with Crippen LogP contribution in [0, 0.1) is 13.8 Å². The first kappa shape index (κ1) is 17.3. The fraction of sp³-hybridized carbons (Fsp3) is 0.312. The van der Waals surface area contributed by atoms with Gasteiger partial charge >= 0.3 is 12.0 Å². The summed E-state index contributed by atoms with van der Waals surface area (Å²) in [5.41, 5.74) is 6.75. The molecule has 0 radical (unpaired) electrons. The number of imide groups is 1. The first-order chi connectivity index (χ1) is 11.3. The number of hydrogen-bond donors (Lipinski definition) is 2. The fourth-order valence-corrected chi connectivity index (χ4v) is 2.31. The van der Waals surface area contributed by atoms with Crippen LogP contribution in [0.25, 0.3) is 0 Å². The van der Waals surface area contributed by atoms with Gasteiger partial charge in [-0.3, -0.25) is 10.1 Å². The van der Waals surface area contributed by atoms with E-state index < -0.39 is 24.0 Å². The maximum absolute atomic E-state index is 12.3. The molecular formula is C16H19N3O5. The molecule has 8 heteroatoms. The van der Waals surface area contributed by atoms with Gasteiger partial charge in [0.15, 0.2) is 6.10 Å². The van der Waals surface area contributed by atoms with Crippen molar-refractivity contribution in [2.75, 3.05) is 0 Å². The molecule has 0 aliphatic carbocycles. The maximum atomic E-state index is 12.3. The lowest BCUT2D eigenvalue weighted by molar-refractivity contribution is -0.127. The number of nitrogens with one attached hydrogen (secondary N) is 1. The highest BCUT2D eigenvalue weighted by molar-refractivity contribution is 5.98. The topological polar surface area (TPSA) is 117 Å². The third kappa shape index (κ3) is 3.83. The molecule has 0 aliphatic heterocycles. The summed E-state index contributed by atoms with van der Waals surface area (Å²) < 4.78 is 12.3. The molecule has 3 amide bonds. The van der Waals surface area contributed by atoms with Gasteiger partial charge in [0.05, 0.1) is 18.4 Å². The molecule has 0 bridgehead atoms. The summed E-state index contributed by atoms with van der Waals surface area (Å²) in [5, 5.41) is 1.87.